The summed E-state index contributed by atoms with van der Waals surface area (Å²) in [5, 5.41) is 13.7. The first kappa shape index (κ1) is 28.0. The van der Waals surface area contributed by atoms with Gasteiger partial charge in [-0.1, -0.05) is 40.9 Å². The van der Waals surface area contributed by atoms with E-state index in [1.165, 1.54) is 25.3 Å². The summed E-state index contributed by atoms with van der Waals surface area (Å²) in [5.41, 5.74) is -0.805. The highest BCUT2D eigenvalue weighted by molar-refractivity contribution is 7.92. The van der Waals surface area contributed by atoms with Gasteiger partial charge in [-0.2, -0.15) is 0 Å². The van der Waals surface area contributed by atoms with Crippen LogP contribution in [0.1, 0.15) is 10.4 Å². The predicted molar refractivity (Wildman–Crippen MR) is 137 cm³/mol. The van der Waals surface area contributed by atoms with Gasteiger partial charge in [0, 0.05) is 12.1 Å². The number of nitro groups is 1. The molecule has 11 nitrogen and oxygen atoms in total. The number of benzene rings is 3. The summed E-state index contributed by atoms with van der Waals surface area (Å²) in [6.07, 6.45) is 0. The number of nitrogens with one attached hydrogen (secondary N) is 2. The molecule has 0 aliphatic heterocycles. The minimum Gasteiger partial charge on any atom is -0.495 e. The van der Waals surface area contributed by atoms with Gasteiger partial charge in [0.05, 0.1) is 48.9 Å². The molecular formula is C22H16Cl3N3O8S. The highest BCUT2D eigenvalue weighted by Gasteiger charge is 2.23. The summed E-state index contributed by atoms with van der Waals surface area (Å²) in [7, 11) is -3.12. The number of methoxy groups -OCH3 is 1. The first-order valence-corrected chi connectivity index (χ1v) is 12.6. The van der Waals surface area contributed by atoms with E-state index in [0.29, 0.717) is 0 Å². The normalized spacial score (nSPS) is 10.9. The van der Waals surface area contributed by atoms with Crippen LogP contribution in [0.2, 0.25) is 15.1 Å². The number of sulfonamides is 1. The van der Waals surface area contributed by atoms with E-state index >= 15 is 0 Å². The predicted octanol–water partition coefficient (Wildman–Crippen LogP) is 5.16. The van der Waals surface area contributed by atoms with Crippen molar-refractivity contribution in [3.63, 3.8) is 0 Å². The van der Waals surface area contributed by atoms with Gasteiger partial charge in [-0.25, -0.2) is 13.2 Å². The summed E-state index contributed by atoms with van der Waals surface area (Å²) < 4.78 is 38.1. The van der Waals surface area contributed by atoms with Crippen LogP contribution in [0.3, 0.4) is 0 Å². The Morgan fingerprint density at radius 1 is 1.00 bits per heavy atom. The molecule has 3 aromatic rings. The summed E-state index contributed by atoms with van der Waals surface area (Å²) in [4.78, 5) is 34.7. The minimum atomic E-state index is -4.37. The van der Waals surface area contributed by atoms with Gasteiger partial charge in [-0.05, 0) is 36.4 Å². The maximum Gasteiger partial charge on any atom is 0.340 e. The number of hydrogen-bond donors (Lipinski definition) is 2. The lowest BCUT2D eigenvalue weighted by Gasteiger charge is -2.13. The van der Waals surface area contributed by atoms with Crippen molar-refractivity contribution in [2.24, 2.45) is 0 Å². The number of ether oxygens (including phenoxy) is 2. The number of non-ortho nitro benzene ring substituents is 1. The number of carbonyl (C=O) groups excluding carboxylic acids is 2. The molecule has 0 fully saturated rings. The molecule has 0 saturated carbocycles. The Bertz CT molecular complexity index is 1480. The SMILES string of the molecule is COc1ccc([N+](=O)[O-])cc1NS(=O)(=O)c1ccc(Cl)c(C(=O)OCC(=O)Nc2c(Cl)cccc2Cl)c1. The van der Waals surface area contributed by atoms with E-state index in [1.54, 1.807) is 6.07 Å². The molecule has 0 aromatic heterocycles. The van der Waals surface area contributed by atoms with Crippen molar-refractivity contribution < 1.29 is 32.4 Å². The number of anilines is 2. The number of nitrogens with zero attached hydrogens (tertiary/aromatic N) is 1. The van der Waals surface area contributed by atoms with E-state index in [1.807, 2.05) is 0 Å². The Balaban J connectivity index is 1.78. The second-order valence-corrected chi connectivity index (χ2v) is 10.0. The van der Waals surface area contributed by atoms with E-state index in [2.05, 4.69) is 10.0 Å². The lowest BCUT2D eigenvalue weighted by molar-refractivity contribution is -0.384. The van der Waals surface area contributed by atoms with Gasteiger partial charge in [0.15, 0.2) is 6.61 Å². The second kappa shape index (κ2) is 11.6. The van der Waals surface area contributed by atoms with Crippen LogP contribution in [0.25, 0.3) is 0 Å². The molecule has 2 N–H and O–H groups in total. The van der Waals surface area contributed by atoms with Gasteiger partial charge in [-0.15, -0.1) is 0 Å². The molecule has 0 bridgehead atoms. The number of carbonyl (C=O) groups is 2. The number of rotatable bonds is 9. The van der Waals surface area contributed by atoms with Crippen LogP contribution in [0.5, 0.6) is 5.75 Å². The molecule has 0 unspecified atom stereocenters. The van der Waals surface area contributed by atoms with Crippen molar-refractivity contribution in [3.05, 3.63) is 85.3 Å². The van der Waals surface area contributed by atoms with Crippen LogP contribution >= 0.6 is 34.8 Å². The lowest BCUT2D eigenvalue weighted by atomic mass is 10.2. The number of halogens is 3. The van der Waals surface area contributed by atoms with E-state index < -0.39 is 38.3 Å². The third kappa shape index (κ3) is 6.80. The van der Waals surface area contributed by atoms with Crippen LogP contribution in [0.4, 0.5) is 17.1 Å². The van der Waals surface area contributed by atoms with Crippen molar-refractivity contribution >= 4 is 73.8 Å². The maximum absolute atomic E-state index is 12.9. The molecule has 1 amide bonds. The average molecular weight is 589 g/mol. The van der Waals surface area contributed by atoms with E-state index in [-0.39, 0.29) is 43.4 Å². The second-order valence-electron chi connectivity index (χ2n) is 7.11. The van der Waals surface area contributed by atoms with E-state index in [9.17, 15) is 28.1 Å². The molecule has 0 saturated heterocycles. The molecule has 37 heavy (non-hydrogen) atoms. The first-order chi connectivity index (χ1) is 17.4. The Labute approximate surface area is 225 Å². The molecule has 0 aliphatic carbocycles. The molecule has 0 radical (unpaired) electrons. The molecule has 0 atom stereocenters. The third-order valence-corrected chi connectivity index (χ3v) is 6.99. The number of esters is 1. The van der Waals surface area contributed by atoms with Gasteiger partial charge in [0.2, 0.25) is 0 Å². The van der Waals surface area contributed by atoms with Gasteiger partial charge in [-0.3, -0.25) is 19.6 Å². The van der Waals surface area contributed by atoms with Crippen LogP contribution in [-0.2, 0) is 19.6 Å². The number of amides is 1. The Morgan fingerprint density at radius 3 is 2.30 bits per heavy atom. The van der Waals surface area contributed by atoms with Crippen LogP contribution in [0, 0.1) is 10.1 Å². The van der Waals surface area contributed by atoms with E-state index in [0.717, 1.165) is 30.3 Å². The molecule has 0 spiro atoms. The maximum atomic E-state index is 12.9. The van der Waals surface area contributed by atoms with E-state index in [4.69, 9.17) is 44.3 Å². The first-order valence-electron chi connectivity index (χ1n) is 9.98. The van der Waals surface area contributed by atoms with Crippen LogP contribution in [0.15, 0.2) is 59.5 Å². The Kier molecular flexibility index (Phi) is 8.81. The van der Waals surface area contributed by atoms with Crippen LogP contribution in [-0.4, -0.2) is 38.9 Å². The van der Waals surface area contributed by atoms with Crippen molar-refractivity contribution in [2.45, 2.75) is 4.90 Å². The molecular weight excluding hydrogens is 573 g/mol. The van der Waals surface area contributed by atoms with Crippen molar-refractivity contribution in [1.29, 1.82) is 0 Å². The number of para-hydroxylation sites is 1. The summed E-state index contributed by atoms with van der Waals surface area (Å²) in [6, 6.07) is 11.1. The van der Waals surface area contributed by atoms with Gasteiger partial charge >= 0.3 is 5.97 Å². The Hall–Kier alpha value is -3.58. The third-order valence-electron chi connectivity index (χ3n) is 4.67. The molecule has 0 heterocycles. The quantitative estimate of drug-likeness (QED) is 0.197. The average Bonchev–Trinajstić information content (AvgIpc) is 2.84. The molecule has 3 aromatic carbocycles. The molecule has 194 valence electrons. The topological polar surface area (TPSA) is 154 Å². The zero-order valence-corrected chi connectivity index (χ0v) is 21.7. The van der Waals surface area contributed by atoms with Gasteiger partial charge in [0.25, 0.3) is 21.6 Å². The monoisotopic (exact) mass is 587 g/mol. The molecule has 3 rings (SSSR count). The summed E-state index contributed by atoms with van der Waals surface area (Å²) >= 11 is 18.0. The van der Waals surface area contributed by atoms with Gasteiger partial charge in [0.1, 0.15) is 5.75 Å². The molecule has 0 aliphatic rings. The molecule has 15 heteroatoms. The summed E-state index contributed by atoms with van der Waals surface area (Å²) in [6.45, 7) is -0.753. The fourth-order valence-corrected chi connectivity index (χ4v) is 4.70. The number of nitro benzene ring substituents is 1. The zero-order chi connectivity index (χ0) is 27.3. The fourth-order valence-electron chi connectivity index (χ4n) is 2.92. The van der Waals surface area contributed by atoms with Crippen molar-refractivity contribution in [1.82, 2.24) is 0 Å². The summed E-state index contributed by atoms with van der Waals surface area (Å²) in [5.74, 6) is -1.83. The fraction of sp³-hybridized carbons (Fsp3) is 0.0909. The van der Waals surface area contributed by atoms with Gasteiger partial charge < -0.3 is 14.8 Å². The zero-order valence-electron chi connectivity index (χ0n) is 18.7. The van der Waals surface area contributed by atoms with Crippen molar-refractivity contribution in [3.8, 4) is 5.75 Å². The van der Waals surface area contributed by atoms with Crippen molar-refractivity contribution in [2.75, 3.05) is 23.8 Å². The number of hydrogen-bond acceptors (Lipinski definition) is 8. The highest BCUT2D eigenvalue weighted by atomic mass is 35.5. The smallest absolute Gasteiger partial charge is 0.340 e. The standard InChI is InChI=1S/C22H16Cl3N3O8S/c1-35-19-8-5-12(28(31)32)9-18(19)27-37(33,34)13-6-7-15(23)14(10-13)22(30)36-11-20(29)26-21-16(24)3-2-4-17(21)25/h2-10,27H,11H2,1H3,(H,26,29). The largest absolute Gasteiger partial charge is 0.495 e. The lowest BCUT2D eigenvalue weighted by Crippen LogP contribution is -2.21. The Morgan fingerprint density at radius 2 is 1.68 bits per heavy atom. The van der Waals surface area contributed by atoms with Crippen LogP contribution < -0.4 is 14.8 Å². The minimum absolute atomic E-state index is 0.0207. The highest BCUT2D eigenvalue weighted by Crippen LogP contribution is 2.32.